The maximum absolute atomic E-state index is 5.66. The quantitative estimate of drug-likeness (QED) is 0.743. The van der Waals surface area contributed by atoms with Crippen molar-refractivity contribution in [3.05, 3.63) is 35.5 Å². The van der Waals surface area contributed by atoms with Gasteiger partial charge in [0.25, 0.3) is 0 Å². The SMILES string of the molecule is Cc1cc(CN)cc(N2CC=CCC2)n1. The molecule has 2 rings (SSSR count). The topological polar surface area (TPSA) is 42.1 Å². The zero-order valence-corrected chi connectivity index (χ0v) is 9.11. The first-order chi connectivity index (χ1) is 7.29. The highest BCUT2D eigenvalue weighted by molar-refractivity contribution is 5.44. The minimum absolute atomic E-state index is 0.583. The highest BCUT2D eigenvalue weighted by Crippen LogP contribution is 2.17. The molecule has 0 bridgehead atoms. The van der Waals surface area contributed by atoms with Gasteiger partial charge < -0.3 is 10.6 Å². The Morgan fingerprint density at radius 3 is 2.93 bits per heavy atom. The summed E-state index contributed by atoms with van der Waals surface area (Å²) < 4.78 is 0. The minimum atomic E-state index is 0.583. The standard InChI is InChI=1S/C12H17N3/c1-10-7-11(9-13)8-12(14-10)15-5-3-2-4-6-15/h2-3,7-8H,4-6,9,13H2,1H3. The zero-order valence-electron chi connectivity index (χ0n) is 9.11. The Labute approximate surface area is 90.6 Å². The van der Waals surface area contributed by atoms with E-state index in [1.165, 1.54) is 0 Å². The number of nitrogens with two attached hydrogens (primary N) is 1. The summed E-state index contributed by atoms with van der Waals surface area (Å²) in [5.41, 5.74) is 7.86. The highest BCUT2D eigenvalue weighted by Gasteiger charge is 2.09. The van der Waals surface area contributed by atoms with E-state index in [9.17, 15) is 0 Å². The number of nitrogens with zero attached hydrogens (tertiary/aromatic N) is 2. The fourth-order valence-electron chi connectivity index (χ4n) is 1.85. The number of anilines is 1. The van der Waals surface area contributed by atoms with Gasteiger partial charge in [-0.25, -0.2) is 4.98 Å². The zero-order chi connectivity index (χ0) is 10.7. The summed E-state index contributed by atoms with van der Waals surface area (Å²) in [6, 6.07) is 4.13. The highest BCUT2D eigenvalue weighted by atomic mass is 15.2. The molecule has 0 spiro atoms. The smallest absolute Gasteiger partial charge is 0.129 e. The Morgan fingerprint density at radius 2 is 2.27 bits per heavy atom. The molecule has 2 heterocycles. The van der Waals surface area contributed by atoms with Crippen LogP contribution in [0.1, 0.15) is 17.7 Å². The Kier molecular flexibility index (Phi) is 3.02. The van der Waals surface area contributed by atoms with Crippen molar-refractivity contribution >= 4 is 5.82 Å². The van der Waals surface area contributed by atoms with Gasteiger partial charge in [0, 0.05) is 25.3 Å². The van der Waals surface area contributed by atoms with E-state index in [1.54, 1.807) is 0 Å². The van der Waals surface area contributed by atoms with Crippen LogP contribution in [0.2, 0.25) is 0 Å². The van der Waals surface area contributed by atoms with Crippen LogP contribution in [0.4, 0.5) is 5.82 Å². The van der Waals surface area contributed by atoms with Crippen LogP contribution in [0, 0.1) is 6.92 Å². The van der Waals surface area contributed by atoms with Crippen molar-refractivity contribution in [1.82, 2.24) is 4.98 Å². The lowest BCUT2D eigenvalue weighted by Crippen LogP contribution is -2.28. The molecule has 1 aromatic rings. The fraction of sp³-hybridized carbons (Fsp3) is 0.417. The van der Waals surface area contributed by atoms with Crippen LogP contribution in [0.3, 0.4) is 0 Å². The van der Waals surface area contributed by atoms with Crippen LogP contribution in [-0.4, -0.2) is 18.1 Å². The van der Waals surface area contributed by atoms with E-state index in [0.717, 1.165) is 36.6 Å². The second-order valence-corrected chi connectivity index (χ2v) is 3.89. The van der Waals surface area contributed by atoms with Gasteiger partial charge >= 0.3 is 0 Å². The normalized spacial score (nSPS) is 15.7. The number of hydrogen-bond acceptors (Lipinski definition) is 3. The molecule has 0 atom stereocenters. The molecule has 0 aliphatic carbocycles. The average molecular weight is 203 g/mol. The van der Waals surface area contributed by atoms with Gasteiger partial charge in [0.2, 0.25) is 0 Å². The van der Waals surface area contributed by atoms with Gasteiger partial charge in [-0.05, 0) is 31.0 Å². The summed E-state index contributed by atoms with van der Waals surface area (Å²) in [5.74, 6) is 1.06. The maximum Gasteiger partial charge on any atom is 0.129 e. The molecule has 0 fully saturated rings. The molecule has 0 saturated heterocycles. The molecule has 0 amide bonds. The van der Waals surface area contributed by atoms with E-state index in [0.29, 0.717) is 6.54 Å². The number of pyridine rings is 1. The summed E-state index contributed by atoms with van der Waals surface area (Å²) in [6.07, 6.45) is 5.51. The molecule has 0 aromatic carbocycles. The largest absolute Gasteiger partial charge is 0.353 e. The molecule has 1 aliphatic heterocycles. The molecule has 80 valence electrons. The first-order valence-corrected chi connectivity index (χ1v) is 5.37. The van der Waals surface area contributed by atoms with Gasteiger partial charge in [-0.15, -0.1) is 0 Å². The third kappa shape index (κ3) is 2.36. The Hall–Kier alpha value is -1.35. The lowest BCUT2D eigenvalue weighted by molar-refractivity contribution is 0.801. The Balaban J connectivity index is 2.26. The summed E-state index contributed by atoms with van der Waals surface area (Å²) >= 11 is 0. The van der Waals surface area contributed by atoms with Crippen LogP contribution in [0.25, 0.3) is 0 Å². The summed E-state index contributed by atoms with van der Waals surface area (Å²) in [6.45, 7) is 4.61. The summed E-state index contributed by atoms with van der Waals surface area (Å²) in [4.78, 5) is 6.83. The van der Waals surface area contributed by atoms with Crippen molar-refractivity contribution in [1.29, 1.82) is 0 Å². The second kappa shape index (κ2) is 4.45. The van der Waals surface area contributed by atoms with Crippen molar-refractivity contribution < 1.29 is 0 Å². The second-order valence-electron chi connectivity index (χ2n) is 3.89. The molecule has 15 heavy (non-hydrogen) atoms. The van der Waals surface area contributed by atoms with E-state index < -0.39 is 0 Å². The molecule has 1 aromatic heterocycles. The molecular weight excluding hydrogens is 186 g/mol. The van der Waals surface area contributed by atoms with Crippen molar-refractivity contribution in [3.63, 3.8) is 0 Å². The third-order valence-corrected chi connectivity index (χ3v) is 2.62. The van der Waals surface area contributed by atoms with Crippen molar-refractivity contribution in [2.45, 2.75) is 19.9 Å². The molecule has 3 nitrogen and oxygen atoms in total. The predicted octanol–water partition coefficient (Wildman–Crippen LogP) is 1.62. The number of rotatable bonds is 2. The van der Waals surface area contributed by atoms with Gasteiger partial charge in [0.05, 0.1) is 0 Å². The average Bonchev–Trinajstić information content (AvgIpc) is 2.29. The van der Waals surface area contributed by atoms with E-state index in [-0.39, 0.29) is 0 Å². The first-order valence-electron chi connectivity index (χ1n) is 5.37. The Bertz CT molecular complexity index is 371. The van der Waals surface area contributed by atoms with Gasteiger partial charge in [-0.3, -0.25) is 0 Å². The molecule has 2 N–H and O–H groups in total. The maximum atomic E-state index is 5.66. The fourth-order valence-corrected chi connectivity index (χ4v) is 1.85. The van der Waals surface area contributed by atoms with E-state index in [4.69, 9.17) is 5.73 Å². The van der Waals surface area contributed by atoms with Crippen LogP contribution in [0.5, 0.6) is 0 Å². The minimum Gasteiger partial charge on any atom is -0.353 e. The lowest BCUT2D eigenvalue weighted by Gasteiger charge is -2.25. The summed E-state index contributed by atoms with van der Waals surface area (Å²) in [5, 5.41) is 0. The van der Waals surface area contributed by atoms with Gasteiger partial charge in [0.1, 0.15) is 5.82 Å². The molecular formula is C12H17N3. The van der Waals surface area contributed by atoms with Crippen LogP contribution in [0.15, 0.2) is 24.3 Å². The van der Waals surface area contributed by atoms with Crippen LogP contribution < -0.4 is 10.6 Å². The predicted molar refractivity (Wildman–Crippen MR) is 62.8 cm³/mol. The van der Waals surface area contributed by atoms with Gasteiger partial charge in [-0.1, -0.05) is 12.2 Å². The molecule has 3 heteroatoms. The monoisotopic (exact) mass is 203 g/mol. The number of hydrogen-bond donors (Lipinski definition) is 1. The van der Waals surface area contributed by atoms with E-state index in [2.05, 4.69) is 28.1 Å². The van der Waals surface area contributed by atoms with Crippen molar-refractivity contribution in [3.8, 4) is 0 Å². The van der Waals surface area contributed by atoms with Gasteiger partial charge in [-0.2, -0.15) is 0 Å². The first kappa shape index (κ1) is 10.2. The Morgan fingerprint density at radius 1 is 1.40 bits per heavy atom. The number of aromatic nitrogens is 1. The van der Waals surface area contributed by atoms with Crippen molar-refractivity contribution in [2.24, 2.45) is 5.73 Å². The van der Waals surface area contributed by atoms with E-state index in [1.807, 2.05) is 13.0 Å². The third-order valence-electron chi connectivity index (χ3n) is 2.62. The molecule has 1 aliphatic rings. The number of aryl methyl sites for hydroxylation is 1. The van der Waals surface area contributed by atoms with Crippen LogP contribution >= 0.6 is 0 Å². The molecule has 0 saturated carbocycles. The summed E-state index contributed by atoms with van der Waals surface area (Å²) in [7, 11) is 0. The molecule has 0 radical (unpaired) electrons. The van der Waals surface area contributed by atoms with Crippen molar-refractivity contribution in [2.75, 3.05) is 18.0 Å². The lowest BCUT2D eigenvalue weighted by atomic mass is 10.2. The molecule has 0 unspecified atom stereocenters. The van der Waals surface area contributed by atoms with Crippen LogP contribution in [-0.2, 0) is 6.54 Å². The van der Waals surface area contributed by atoms with Gasteiger partial charge in [0.15, 0.2) is 0 Å². The van der Waals surface area contributed by atoms with E-state index >= 15 is 0 Å².